The van der Waals surface area contributed by atoms with Crippen LogP contribution in [0.2, 0.25) is 10.0 Å². The van der Waals surface area contributed by atoms with E-state index < -0.39 is 0 Å². The van der Waals surface area contributed by atoms with Gasteiger partial charge >= 0.3 is 0 Å². The van der Waals surface area contributed by atoms with Gasteiger partial charge in [0.15, 0.2) is 0 Å². The fourth-order valence-corrected chi connectivity index (χ4v) is 3.99. The minimum atomic E-state index is -0.0292. The molecule has 1 nitrogen and oxygen atoms in total. The minimum absolute atomic E-state index is 0.0292. The molecule has 2 aromatic rings. The number of alkyl halides is 1. The van der Waals surface area contributed by atoms with Gasteiger partial charge in [-0.1, -0.05) is 61.1 Å². The van der Waals surface area contributed by atoms with Crippen LogP contribution in [0.3, 0.4) is 0 Å². The number of aryl methyl sites for hydroxylation is 1. The fraction of sp³-hybridized carbons (Fsp3) is 0.250. The predicted octanol–water partition coefficient (Wildman–Crippen LogP) is 6.87. The first-order chi connectivity index (χ1) is 9.86. The third-order valence-corrected chi connectivity index (χ3v) is 5.95. The maximum absolute atomic E-state index is 6.13. The molecule has 2 rings (SSSR count). The summed E-state index contributed by atoms with van der Waals surface area (Å²) in [5.74, 6) is 0.878. The van der Waals surface area contributed by atoms with Gasteiger partial charge in [-0.2, -0.15) is 0 Å². The van der Waals surface area contributed by atoms with E-state index in [9.17, 15) is 0 Å². The maximum Gasteiger partial charge on any atom is 0.126 e. The van der Waals surface area contributed by atoms with E-state index in [0.29, 0.717) is 10.0 Å². The van der Waals surface area contributed by atoms with Crippen molar-refractivity contribution in [1.29, 1.82) is 0 Å². The second-order valence-electron chi connectivity index (χ2n) is 4.78. The fourth-order valence-electron chi connectivity index (χ4n) is 2.29. The molecule has 0 spiro atoms. The summed E-state index contributed by atoms with van der Waals surface area (Å²) in [6, 6.07) is 7.70. The number of hydrogen-bond donors (Lipinski definition) is 0. The summed E-state index contributed by atoms with van der Waals surface area (Å²) in [6.07, 6.45) is 0. The molecule has 0 saturated carbocycles. The van der Waals surface area contributed by atoms with Crippen molar-refractivity contribution in [3.05, 3.63) is 61.0 Å². The quantitative estimate of drug-likeness (QED) is 0.462. The van der Waals surface area contributed by atoms with Crippen LogP contribution in [0.4, 0.5) is 0 Å². The van der Waals surface area contributed by atoms with Gasteiger partial charge in [0.1, 0.15) is 5.75 Å². The second-order valence-corrected chi connectivity index (χ2v) is 7.37. The molecule has 2 aromatic carbocycles. The molecule has 0 heterocycles. The molecule has 5 heteroatoms. The highest BCUT2D eigenvalue weighted by Gasteiger charge is 2.21. The van der Waals surface area contributed by atoms with E-state index in [-0.39, 0.29) is 4.83 Å². The largest absolute Gasteiger partial charge is 0.496 e. The van der Waals surface area contributed by atoms with Crippen molar-refractivity contribution in [2.75, 3.05) is 7.11 Å². The number of hydrogen-bond acceptors (Lipinski definition) is 1. The molecular weight excluding hydrogens is 439 g/mol. The average molecular weight is 453 g/mol. The van der Waals surface area contributed by atoms with Crippen molar-refractivity contribution in [3.63, 3.8) is 0 Å². The number of halogens is 4. The Morgan fingerprint density at radius 3 is 2.33 bits per heavy atom. The normalized spacial score (nSPS) is 12.3. The lowest BCUT2D eigenvalue weighted by Crippen LogP contribution is -2.03. The van der Waals surface area contributed by atoms with Crippen molar-refractivity contribution in [2.24, 2.45) is 0 Å². The van der Waals surface area contributed by atoms with Crippen LogP contribution in [-0.2, 0) is 0 Å². The molecule has 112 valence electrons. The van der Waals surface area contributed by atoms with Crippen molar-refractivity contribution >= 4 is 55.1 Å². The van der Waals surface area contributed by atoms with Gasteiger partial charge in [-0.15, -0.1) is 0 Å². The van der Waals surface area contributed by atoms with Crippen LogP contribution in [0.5, 0.6) is 5.75 Å². The van der Waals surface area contributed by atoms with E-state index in [2.05, 4.69) is 44.8 Å². The molecule has 0 amide bonds. The molecule has 0 aliphatic heterocycles. The molecule has 1 unspecified atom stereocenters. The van der Waals surface area contributed by atoms with Gasteiger partial charge in [-0.05, 0) is 48.7 Å². The van der Waals surface area contributed by atoms with Crippen molar-refractivity contribution in [1.82, 2.24) is 0 Å². The van der Waals surface area contributed by atoms with Gasteiger partial charge < -0.3 is 4.74 Å². The summed E-state index contributed by atoms with van der Waals surface area (Å²) in [5, 5.41) is 1.09. The number of rotatable bonds is 3. The molecule has 0 saturated heterocycles. The highest BCUT2D eigenvalue weighted by atomic mass is 79.9. The Kier molecular flexibility index (Phi) is 5.64. The van der Waals surface area contributed by atoms with Gasteiger partial charge in [0.2, 0.25) is 0 Å². The zero-order chi connectivity index (χ0) is 15.7. The maximum atomic E-state index is 6.13. The molecule has 0 radical (unpaired) electrons. The Bertz CT molecular complexity index is 686. The highest BCUT2D eigenvalue weighted by molar-refractivity contribution is 9.10. The van der Waals surface area contributed by atoms with E-state index in [0.717, 1.165) is 32.5 Å². The lowest BCUT2D eigenvalue weighted by molar-refractivity contribution is 0.406. The predicted molar refractivity (Wildman–Crippen MR) is 97.4 cm³/mol. The summed E-state index contributed by atoms with van der Waals surface area (Å²) < 4.78 is 6.65. The SMILES string of the molecule is COc1c(C)cc(Br)c(C)c1C(Br)c1ccc(Cl)c(Cl)c1. The van der Waals surface area contributed by atoms with Gasteiger partial charge in [-0.3, -0.25) is 0 Å². The molecule has 0 aromatic heterocycles. The Balaban J connectivity index is 2.62. The zero-order valence-electron chi connectivity index (χ0n) is 11.8. The summed E-state index contributed by atoms with van der Waals surface area (Å²) in [4.78, 5) is -0.0292. The molecule has 0 N–H and O–H groups in total. The summed E-state index contributed by atoms with van der Waals surface area (Å²) in [6.45, 7) is 4.09. The smallest absolute Gasteiger partial charge is 0.126 e. The zero-order valence-corrected chi connectivity index (χ0v) is 16.5. The van der Waals surface area contributed by atoms with Gasteiger partial charge in [0, 0.05) is 10.0 Å². The molecule has 0 fully saturated rings. The first kappa shape index (κ1) is 17.1. The Morgan fingerprint density at radius 1 is 1.10 bits per heavy atom. The van der Waals surface area contributed by atoms with E-state index >= 15 is 0 Å². The topological polar surface area (TPSA) is 9.23 Å². The van der Waals surface area contributed by atoms with Crippen LogP contribution < -0.4 is 4.74 Å². The van der Waals surface area contributed by atoms with Crippen LogP contribution in [0.1, 0.15) is 27.1 Å². The second kappa shape index (κ2) is 6.91. The Labute approximate surface area is 151 Å². The summed E-state index contributed by atoms with van der Waals surface area (Å²) in [5.41, 5.74) is 4.32. The van der Waals surface area contributed by atoms with Gasteiger partial charge in [0.05, 0.1) is 22.0 Å². The third-order valence-electron chi connectivity index (χ3n) is 3.40. The molecule has 1 atom stereocenters. The van der Waals surface area contributed by atoms with E-state index in [1.807, 2.05) is 19.1 Å². The monoisotopic (exact) mass is 450 g/mol. The summed E-state index contributed by atoms with van der Waals surface area (Å²) in [7, 11) is 1.69. The minimum Gasteiger partial charge on any atom is -0.496 e. The number of methoxy groups -OCH3 is 1. The average Bonchev–Trinajstić information content (AvgIpc) is 2.44. The Hall–Kier alpha value is -0.220. The van der Waals surface area contributed by atoms with Crippen LogP contribution in [0, 0.1) is 13.8 Å². The standard InChI is InChI=1S/C16H14Br2Cl2O/c1-8-6-11(17)9(2)14(16(8)21-3)15(18)10-4-5-12(19)13(20)7-10/h4-7,15H,1-3H3. The van der Waals surface area contributed by atoms with Crippen molar-refractivity contribution in [3.8, 4) is 5.75 Å². The number of ether oxygens (including phenoxy) is 1. The van der Waals surface area contributed by atoms with Crippen LogP contribution in [0.25, 0.3) is 0 Å². The highest BCUT2D eigenvalue weighted by Crippen LogP contribution is 2.43. The van der Waals surface area contributed by atoms with E-state index in [4.69, 9.17) is 27.9 Å². The molecular formula is C16H14Br2Cl2O. The number of benzene rings is 2. The van der Waals surface area contributed by atoms with Crippen LogP contribution >= 0.6 is 55.1 Å². The Morgan fingerprint density at radius 2 is 1.76 bits per heavy atom. The lowest BCUT2D eigenvalue weighted by Gasteiger charge is -2.21. The first-order valence-electron chi connectivity index (χ1n) is 6.29. The molecule has 21 heavy (non-hydrogen) atoms. The van der Waals surface area contributed by atoms with Crippen LogP contribution in [-0.4, -0.2) is 7.11 Å². The summed E-state index contributed by atoms with van der Waals surface area (Å²) >= 11 is 19.5. The van der Waals surface area contributed by atoms with Crippen LogP contribution in [0.15, 0.2) is 28.7 Å². The van der Waals surface area contributed by atoms with Crippen molar-refractivity contribution < 1.29 is 4.74 Å². The van der Waals surface area contributed by atoms with Gasteiger partial charge in [-0.25, -0.2) is 0 Å². The van der Waals surface area contributed by atoms with Crippen molar-refractivity contribution in [2.45, 2.75) is 18.7 Å². The molecule has 0 bridgehead atoms. The first-order valence-corrected chi connectivity index (χ1v) is 8.75. The van der Waals surface area contributed by atoms with E-state index in [1.54, 1.807) is 13.2 Å². The van der Waals surface area contributed by atoms with Gasteiger partial charge in [0.25, 0.3) is 0 Å². The molecule has 0 aliphatic rings. The molecule has 0 aliphatic carbocycles. The van der Waals surface area contributed by atoms with E-state index in [1.165, 1.54) is 0 Å². The lowest BCUT2D eigenvalue weighted by atomic mass is 9.97. The third kappa shape index (κ3) is 3.42.